The van der Waals surface area contributed by atoms with Gasteiger partial charge in [-0.2, -0.15) is 0 Å². The molecule has 0 fully saturated rings. The van der Waals surface area contributed by atoms with Crippen molar-refractivity contribution in [3.63, 3.8) is 0 Å². The van der Waals surface area contributed by atoms with Gasteiger partial charge in [-0.25, -0.2) is 4.79 Å². The molecule has 0 unspecified atom stereocenters. The number of carboxylic acid groups (broad SMARTS) is 1. The number of carboxylic acids is 1. The van der Waals surface area contributed by atoms with E-state index >= 15 is 0 Å². The van der Waals surface area contributed by atoms with Crippen molar-refractivity contribution in [2.45, 2.75) is 20.3 Å². The highest BCUT2D eigenvalue weighted by Crippen LogP contribution is 2.02. The minimum absolute atomic E-state index is 0.105. The van der Waals surface area contributed by atoms with Gasteiger partial charge in [0.05, 0.1) is 0 Å². The van der Waals surface area contributed by atoms with E-state index in [-0.39, 0.29) is 5.91 Å². The molecule has 5 heteroatoms. The van der Waals surface area contributed by atoms with Crippen LogP contribution >= 0.6 is 0 Å². The first-order valence-electron chi connectivity index (χ1n) is 7.02. The van der Waals surface area contributed by atoms with E-state index in [2.05, 4.69) is 10.6 Å². The van der Waals surface area contributed by atoms with Crippen LogP contribution in [0.5, 0.6) is 0 Å². The minimum atomic E-state index is -0.882. The predicted molar refractivity (Wildman–Crippen MR) is 82.4 cm³/mol. The van der Waals surface area contributed by atoms with Crippen LogP contribution in [-0.2, 0) is 4.79 Å². The van der Waals surface area contributed by atoms with Crippen molar-refractivity contribution in [2.75, 3.05) is 19.6 Å². The second-order valence-corrected chi connectivity index (χ2v) is 4.71. The van der Waals surface area contributed by atoms with Crippen LogP contribution in [0.25, 0.3) is 0 Å². The van der Waals surface area contributed by atoms with E-state index in [1.54, 1.807) is 18.2 Å². The Balaban J connectivity index is 2.24. The summed E-state index contributed by atoms with van der Waals surface area (Å²) in [6.45, 7) is 5.35. The second-order valence-electron chi connectivity index (χ2n) is 4.71. The summed E-state index contributed by atoms with van der Waals surface area (Å²) >= 11 is 0. The van der Waals surface area contributed by atoms with Crippen LogP contribution in [-0.4, -0.2) is 36.6 Å². The largest absolute Gasteiger partial charge is 0.478 e. The van der Waals surface area contributed by atoms with Gasteiger partial charge in [-0.15, -0.1) is 0 Å². The molecule has 0 spiro atoms. The van der Waals surface area contributed by atoms with Crippen LogP contribution in [0.1, 0.15) is 29.3 Å². The average molecular weight is 290 g/mol. The Hall–Kier alpha value is -2.14. The number of nitrogens with one attached hydrogen (secondary N) is 2. The second kappa shape index (κ2) is 8.92. The number of amides is 1. The topological polar surface area (TPSA) is 78.4 Å². The van der Waals surface area contributed by atoms with E-state index < -0.39 is 5.97 Å². The molecule has 1 amide bonds. The molecule has 0 radical (unpaired) electrons. The van der Waals surface area contributed by atoms with Crippen molar-refractivity contribution in [1.29, 1.82) is 0 Å². The Morgan fingerprint density at radius 3 is 2.43 bits per heavy atom. The monoisotopic (exact) mass is 290 g/mol. The van der Waals surface area contributed by atoms with Gasteiger partial charge in [0.25, 0.3) is 5.91 Å². The number of carbonyl (C=O) groups excluding carboxylic acids is 1. The maximum atomic E-state index is 11.8. The third kappa shape index (κ3) is 6.23. The number of hydrogen-bond acceptors (Lipinski definition) is 3. The molecule has 0 bridgehead atoms. The van der Waals surface area contributed by atoms with Crippen molar-refractivity contribution in [3.05, 3.63) is 47.0 Å². The number of hydrogen-bond donors (Lipinski definition) is 3. The van der Waals surface area contributed by atoms with E-state index in [9.17, 15) is 9.59 Å². The Morgan fingerprint density at radius 1 is 1.19 bits per heavy atom. The highest BCUT2D eigenvalue weighted by molar-refractivity contribution is 5.94. The first-order valence-corrected chi connectivity index (χ1v) is 7.02. The van der Waals surface area contributed by atoms with Gasteiger partial charge in [0, 0.05) is 30.8 Å². The standard InChI is InChI=1S/C16H22N2O3/c1-3-13(16(20)21)8-9-17-10-11-18-15(19)14-6-4-12(2)5-7-14/h4-8,17H,3,9-11H2,1-2H3,(H,18,19)(H,20,21)/b13-8-. The summed E-state index contributed by atoms with van der Waals surface area (Å²) in [7, 11) is 0. The van der Waals surface area contributed by atoms with E-state index in [4.69, 9.17) is 5.11 Å². The van der Waals surface area contributed by atoms with Gasteiger partial charge in [0.2, 0.25) is 0 Å². The lowest BCUT2D eigenvalue weighted by Gasteiger charge is -2.06. The molecule has 0 atom stereocenters. The maximum absolute atomic E-state index is 11.8. The molecular weight excluding hydrogens is 268 g/mol. The van der Waals surface area contributed by atoms with Gasteiger partial charge in [-0.05, 0) is 25.5 Å². The fraction of sp³-hybridized carbons (Fsp3) is 0.375. The summed E-state index contributed by atoms with van der Waals surface area (Å²) in [5, 5.41) is 14.7. The van der Waals surface area contributed by atoms with Crippen molar-refractivity contribution in [2.24, 2.45) is 0 Å². The Kier molecular flexibility index (Phi) is 7.18. The summed E-state index contributed by atoms with van der Waals surface area (Å²) in [5.41, 5.74) is 2.15. The van der Waals surface area contributed by atoms with Crippen molar-refractivity contribution < 1.29 is 14.7 Å². The number of rotatable bonds is 8. The van der Waals surface area contributed by atoms with Gasteiger partial charge in [0.1, 0.15) is 0 Å². The zero-order valence-corrected chi connectivity index (χ0v) is 12.5. The minimum Gasteiger partial charge on any atom is -0.478 e. The van der Waals surface area contributed by atoms with E-state index in [1.165, 1.54) is 0 Å². The molecule has 0 heterocycles. The van der Waals surface area contributed by atoms with Crippen molar-refractivity contribution >= 4 is 11.9 Å². The lowest BCUT2D eigenvalue weighted by molar-refractivity contribution is -0.132. The first kappa shape index (κ1) is 16.9. The number of aryl methyl sites for hydroxylation is 1. The van der Waals surface area contributed by atoms with Crippen molar-refractivity contribution in [3.8, 4) is 0 Å². The molecule has 1 aromatic carbocycles. The van der Waals surface area contributed by atoms with Gasteiger partial charge in [-0.1, -0.05) is 30.7 Å². The zero-order valence-electron chi connectivity index (χ0n) is 12.5. The zero-order chi connectivity index (χ0) is 15.7. The lowest BCUT2D eigenvalue weighted by Crippen LogP contribution is -2.32. The van der Waals surface area contributed by atoms with Crippen LogP contribution in [0.2, 0.25) is 0 Å². The molecule has 0 aliphatic rings. The lowest BCUT2D eigenvalue weighted by atomic mass is 10.1. The molecule has 1 aromatic rings. The average Bonchev–Trinajstić information content (AvgIpc) is 2.46. The highest BCUT2D eigenvalue weighted by Gasteiger charge is 2.04. The van der Waals surface area contributed by atoms with E-state index in [0.29, 0.717) is 37.2 Å². The maximum Gasteiger partial charge on any atom is 0.331 e. The van der Waals surface area contributed by atoms with Crippen LogP contribution in [0.3, 0.4) is 0 Å². The summed E-state index contributed by atoms with van der Waals surface area (Å²) in [6.07, 6.45) is 2.16. The molecule has 5 nitrogen and oxygen atoms in total. The molecule has 0 saturated heterocycles. The third-order valence-corrected chi connectivity index (χ3v) is 3.05. The van der Waals surface area contributed by atoms with E-state index in [0.717, 1.165) is 5.56 Å². The molecule has 0 saturated carbocycles. The third-order valence-electron chi connectivity index (χ3n) is 3.05. The molecular formula is C16H22N2O3. The number of carbonyl (C=O) groups is 2. The fourth-order valence-corrected chi connectivity index (χ4v) is 1.75. The van der Waals surface area contributed by atoms with Crippen molar-refractivity contribution in [1.82, 2.24) is 10.6 Å². The Bertz CT molecular complexity index is 507. The summed E-state index contributed by atoms with van der Waals surface area (Å²) in [5.74, 6) is -0.987. The Morgan fingerprint density at radius 2 is 1.86 bits per heavy atom. The smallest absolute Gasteiger partial charge is 0.331 e. The molecule has 0 aliphatic carbocycles. The summed E-state index contributed by atoms with van der Waals surface area (Å²) in [6, 6.07) is 7.38. The fourth-order valence-electron chi connectivity index (χ4n) is 1.75. The van der Waals surface area contributed by atoms with Crippen LogP contribution in [0.4, 0.5) is 0 Å². The molecule has 1 rings (SSSR count). The number of aliphatic carboxylic acids is 1. The molecule has 21 heavy (non-hydrogen) atoms. The molecule has 0 aliphatic heterocycles. The quantitative estimate of drug-likeness (QED) is 0.503. The van der Waals surface area contributed by atoms with E-state index in [1.807, 2.05) is 26.0 Å². The van der Waals surface area contributed by atoms with Crippen LogP contribution in [0.15, 0.2) is 35.9 Å². The highest BCUT2D eigenvalue weighted by atomic mass is 16.4. The van der Waals surface area contributed by atoms with Gasteiger partial charge in [0.15, 0.2) is 0 Å². The van der Waals surface area contributed by atoms with Gasteiger partial charge < -0.3 is 15.7 Å². The summed E-state index contributed by atoms with van der Waals surface area (Å²) < 4.78 is 0. The molecule has 3 N–H and O–H groups in total. The van der Waals surface area contributed by atoms with Gasteiger partial charge in [-0.3, -0.25) is 4.79 Å². The van der Waals surface area contributed by atoms with Crippen LogP contribution < -0.4 is 10.6 Å². The van der Waals surface area contributed by atoms with Gasteiger partial charge >= 0.3 is 5.97 Å². The normalized spacial score (nSPS) is 11.2. The SMILES string of the molecule is CC/C(=C/CNCCNC(=O)c1ccc(C)cc1)C(=O)O. The molecule has 0 aromatic heterocycles. The summed E-state index contributed by atoms with van der Waals surface area (Å²) in [4.78, 5) is 22.6. The predicted octanol–water partition coefficient (Wildman–Crippen LogP) is 1.74. The molecule has 114 valence electrons. The number of benzene rings is 1. The first-order chi connectivity index (χ1) is 10.0. The Labute approximate surface area is 125 Å². The van der Waals surface area contributed by atoms with Crippen LogP contribution in [0, 0.1) is 6.92 Å².